The quantitative estimate of drug-likeness (QED) is 0.501. The van der Waals surface area contributed by atoms with Crippen LogP contribution in [0.2, 0.25) is 0 Å². The van der Waals surface area contributed by atoms with Gasteiger partial charge in [0, 0.05) is 13.7 Å². The topological polar surface area (TPSA) is 71.4 Å². The number of benzene rings is 1. The van der Waals surface area contributed by atoms with Crippen LogP contribution in [0.5, 0.6) is 5.75 Å². The lowest BCUT2D eigenvalue weighted by Crippen LogP contribution is -2.34. The van der Waals surface area contributed by atoms with Gasteiger partial charge in [-0.3, -0.25) is 5.01 Å². The van der Waals surface area contributed by atoms with Gasteiger partial charge in [-0.05, 0) is 30.0 Å². The Hall–Kier alpha value is -1.66. The number of aliphatic hydroxyl groups is 1. The molecule has 6 nitrogen and oxygen atoms in total. The molecule has 6 heteroatoms. The molecule has 1 rings (SSSR count). The summed E-state index contributed by atoms with van der Waals surface area (Å²) in [6, 6.07) is 7.67. The number of hydrogen-bond acceptors (Lipinski definition) is 5. The summed E-state index contributed by atoms with van der Waals surface area (Å²) in [5.74, 6) is 1.00. The average molecular weight is 310 g/mol. The Morgan fingerprint density at radius 2 is 1.91 bits per heavy atom. The Morgan fingerprint density at radius 1 is 1.23 bits per heavy atom. The molecule has 0 saturated heterocycles. The first kappa shape index (κ1) is 18.4. The van der Waals surface area contributed by atoms with Crippen molar-refractivity contribution in [2.24, 2.45) is 11.2 Å². The molecule has 1 aromatic rings. The van der Waals surface area contributed by atoms with Gasteiger partial charge in [0.05, 0.1) is 18.4 Å². The smallest absolute Gasteiger partial charge is 0.119 e. The fraction of sp³-hybridized carbons (Fsp3) is 0.625. The van der Waals surface area contributed by atoms with Crippen molar-refractivity contribution < 1.29 is 14.6 Å². The Bertz CT molecular complexity index is 423. The van der Waals surface area contributed by atoms with Crippen LogP contribution >= 0.6 is 0 Å². The van der Waals surface area contributed by atoms with Crippen molar-refractivity contribution in [3.8, 4) is 5.75 Å². The zero-order valence-corrected chi connectivity index (χ0v) is 13.6. The molecule has 124 valence electrons. The number of rotatable bonds is 11. The molecular weight excluding hydrogens is 284 g/mol. The van der Waals surface area contributed by atoms with E-state index in [9.17, 15) is 10.0 Å². The van der Waals surface area contributed by atoms with Crippen LogP contribution in [0.3, 0.4) is 0 Å². The molecule has 0 saturated carbocycles. The predicted molar refractivity (Wildman–Crippen MR) is 85.7 cm³/mol. The SMILES string of the molecule is COCCc1ccc(OCC(O)CN(CC(C)C)N=O)cc1. The van der Waals surface area contributed by atoms with E-state index in [1.165, 1.54) is 10.6 Å². The molecule has 0 bridgehead atoms. The number of nitrogens with zero attached hydrogens (tertiary/aromatic N) is 2. The maximum atomic E-state index is 10.7. The highest BCUT2D eigenvalue weighted by atomic mass is 16.5. The summed E-state index contributed by atoms with van der Waals surface area (Å²) in [4.78, 5) is 10.7. The number of aliphatic hydroxyl groups excluding tert-OH is 1. The van der Waals surface area contributed by atoms with E-state index in [-0.39, 0.29) is 13.2 Å². The molecule has 1 aromatic carbocycles. The molecule has 0 aliphatic carbocycles. The van der Waals surface area contributed by atoms with Gasteiger partial charge in [-0.1, -0.05) is 26.0 Å². The molecular formula is C16H26N2O4. The van der Waals surface area contributed by atoms with Gasteiger partial charge in [0.2, 0.25) is 0 Å². The third kappa shape index (κ3) is 7.38. The van der Waals surface area contributed by atoms with Crippen molar-refractivity contribution in [2.75, 3.05) is 33.4 Å². The van der Waals surface area contributed by atoms with Gasteiger partial charge in [-0.2, -0.15) is 0 Å². The summed E-state index contributed by atoms with van der Waals surface area (Å²) >= 11 is 0. The second-order valence-electron chi connectivity index (χ2n) is 5.70. The first-order valence-corrected chi connectivity index (χ1v) is 7.52. The summed E-state index contributed by atoms with van der Waals surface area (Å²) in [7, 11) is 1.68. The van der Waals surface area contributed by atoms with Crippen LogP contribution in [-0.2, 0) is 11.2 Å². The van der Waals surface area contributed by atoms with Gasteiger partial charge >= 0.3 is 0 Å². The lowest BCUT2D eigenvalue weighted by Gasteiger charge is -2.21. The number of hydrogen-bond donors (Lipinski definition) is 1. The van der Waals surface area contributed by atoms with Crippen LogP contribution in [0.1, 0.15) is 19.4 Å². The minimum atomic E-state index is -0.760. The predicted octanol–water partition coefficient (Wildman–Crippen LogP) is 2.25. The van der Waals surface area contributed by atoms with Gasteiger partial charge in [0.1, 0.15) is 18.5 Å². The lowest BCUT2D eigenvalue weighted by atomic mass is 10.1. The van der Waals surface area contributed by atoms with E-state index in [1.807, 2.05) is 38.1 Å². The summed E-state index contributed by atoms with van der Waals surface area (Å²) in [5.41, 5.74) is 1.17. The molecule has 1 N–H and O–H groups in total. The summed E-state index contributed by atoms with van der Waals surface area (Å²) in [6.45, 7) is 5.49. The molecule has 22 heavy (non-hydrogen) atoms. The number of ether oxygens (including phenoxy) is 2. The van der Waals surface area contributed by atoms with E-state index in [1.54, 1.807) is 7.11 Å². The second kappa shape index (κ2) is 10.1. The highest BCUT2D eigenvalue weighted by molar-refractivity contribution is 5.27. The van der Waals surface area contributed by atoms with Gasteiger partial charge in [-0.25, -0.2) is 0 Å². The van der Waals surface area contributed by atoms with Crippen molar-refractivity contribution in [3.63, 3.8) is 0 Å². The molecule has 0 heterocycles. The normalized spacial score (nSPS) is 12.2. The van der Waals surface area contributed by atoms with Gasteiger partial charge in [0.25, 0.3) is 0 Å². The maximum absolute atomic E-state index is 10.7. The molecule has 0 spiro atoms. The molecule has 0 aromatic heterocycles. The van der Waals surface area contributed by atoms with Crippen LogP contribution < -0.4 is 4.74 Å². The van der Waals surface area contributed by atoms with Crippen molar-refractivity contribution in [1.82, 2.24) is 5.01 Å². The highest BCUT2D eigenvalue weighted by Gasteiger charge is 2.13. The van der Waals surface area contributed by atoms with E-state index in [0.29, 0.717) is 24.8 Å². The van der Waals surface area contributed by atoms with Crippen molar-refractivity contribution in [2.45, 2.75) is 26.4 Å². The van der Waals surface area contributed by atoms with Gasteiger partial charge in [0.15, 0.2) is 0 Å². The lowest BCUT2D eigenvalue weighted by molar-refractivity contribution is 0.0647. The van der Waals surface area contributed by atoms with Gasteiger partial charge in [-0.15, -0.1) is 4.91 Å². The zero-order chi connectivity index (χ0) is 16.4. The van der Waals surface area contributed by atoms with Crippen LogP contribution in [0.4, 0.5) is 0 Å². The summed E-state index contributed by atoms with van der Waals surface area (Å²) in [5, 5.41) is 14.2. The highest BCUT2D eigenvalue weighted by Crippen LogP contribution is 2.13. The molecule has 0 fully saturated rings. The Labute approximate surface area is 132 Å². The third-order valence-corrected chi connectivity index (χ3v) is 3.07. The van der Waals surface area contributed by atoms with E-state index in [0.717, 1.165) is 6.42 Å². The van der Waals surface area contributed by atoms with Crippen LogP contribution in [0, 0.1) is 10.8 Å². The molecule has 0 radical (unpaired) electrons. The minimum Gasteiger partial charge on any atom is -0.491 e. The number of methoxy groups -OCH3 is 1. The molecule has 1 atom stereocenters. The Balaban J connectivity index is 2.36. The first-order chi connectivity index (χ1) is 10.5. The van der Waals surface area contributed by atoms with E-state index in [4.69, 9.17) is 9.47 Å². The summed E-state index contributed by atoms with van der Waals surface area (Å²) < 4.78 is 10.6. The van der Waals surface area contributed by atoms with Gasteiger partial charge < -0.3 is 14.6 Å². The molecule has 0 aliphatic heterocycles. The van der Waals surface area contributed by atoms with Crippen molar-refractivity contribution in [3.05, 3.63) is 34.7 Å². The van der Waals surface area contributed by atoms with Crippen molar-refractivity contribution in [1.29, 1.82) is 0 Å². The molecule has 0 aliphatic rings. The van der Waals surface area contributed by atoms with Crippen LogP contribution in [0.25, 0.3) is 0 Å². The fourth-order valence-corrected chi connectivity index (χ4v) is 2.02. The molecule has 1 unspecified atom stereocenters. The molecule has 0 amide bonds. The van der Waals surface area contributed by atoms with Crippen LogP contribution in [0.15, 0.2) is 29.6 Å². The Morgan fingerprint density at radius 3 is 2.45 bits per heavy atom. The average Bonchev–Trinajstić information content (AvgIpc) is 2.50. The maximum Gasteiger partial charge on any atom is 0.119 e. The van der Waals surface area contributed by atoms with Crippen molar-refractivity contribution >= 4 is 0 Å². The van der Waals surface area contributed by atoms with Crippen LogP contribution in [-0.4, -0.2) is 49.6 Å². The van der Waals surface area contributed by atoms with E-state index >= 15 is 0 Å². The third-order valence-electron chi connectivity index (χ3n) is 3.07. The van der Waals surface area contributed by atoms with E-state index in [2.05, 4.69) is 5.29 Å². The summed E-state index contributed by atoms with van der Waals surface area (Å²) in [6.07, 6.45) is 0.0961. The standard InChI is InChI=1S/C16H26N2O4/c1-13(2)10-18(17-20)11-15(19)12-22-16-6-4-14(5-7-16)8-9-21-3/h4-7,13,15,19H,8-12H2,1-3H3. The number of nitroso groups, excluding NO2 is 1. The Kier molecular flexibility index (Phi) is 8.47. The monoisotopic (exact) mass is 310 g/mol. The fourth-order valence-electron chi connectivity index (χ4n) is 2.02. The first-order valence-electron chi connectivity index (χ1n) is 7.52. The minimum absolute atomic E-state index is 0.127. The second-order valence-corrected chi connectivity index (χ2v) is 5.70. The van der Waals surface area contributed by atoms with E-state index < -0.39 is 6.10 Å². The zero-order valence-electron chi connectivity index (χ0n) is 13.6. The largest absolute Gasteiger partial charge is 0.491 e.